The average Bonchev–Trinajstić information content (AvgIpc) is 2.70. The van der Waals surface area contributed by atoms with E-state index in [4.69, 9.17) is 16.3 Å². The molecular weight excluding hydrogens is 416 g/mol. The fraction of sp³-hybridized carbons (Fsp3) is 0.400. The lowest BCUT2D eigenvalue weighted by Crippen LogP contribution is -2.35. The van der Waals surface area contributed by atoms with Crippen LogP contribution in [0.4, 0.5) is 5.69 Å². The summed E-state index contributed by atoms with van der Waals surface area (Å²) >= 11 is 6.12. The number of carbonyl (C=O) groups is 2. The van der Waals surface area contributed by atoms with Crippen LogP contribution >= 0.6 is 11.6 Å². The largest absolute Gasteiger partial charge is 0.449 e. The summed E-state index contributed by atoms with van der Waals surface area (Å²) in [4.78, 5) is 24.1. The third kappa shape index (κ3) is 6.42. The fourth-order valence-electron chi connectivity index (χ4n) is 2.76. The van der Waals surface area contributed by atoms with Crippen molar-refractivity contribution in [3.8, 4) is 0 Å². The number of carbonyl (C=O) groups excluding carboxylic acids is 2. The van der Waals surface area contributed by atoms with Crippen molar-refractivity contribution in [2.45, 2.75) is 44.1 Å². The van der Waals surface area contributed by atoms with E-state index in [9.17, 15) is 18.0 Å². The predicted octanol–water partition coefficient (Wildman–Crippen LogP) is 3.52. The van der Waals surface area contributed by atoms with Crippen molar-refractivity contribution in [1.82, 2.24) is 4.31 Å². The first-order chi connectivity index (χ1) is 13.8. The first-order valence-electron chi connectivity index (χ1n) is 9.36. The second-order valence-corrected chi connectivity index (χ2v) is 8.90. The van der Waals surface area contributed by atoms with Gasteiger partial charge < -0.3 is 10.1 Å². The Morgan fingerprint density at radius 2 is 1.90 bits per heavy atom. The van der Waals surface area contributed by atoms with E-state index in [1.165, 1.54) is 41.6 Å². The van der Waals surface area contributed by atoms with E-state index in [0.29, 0.717) is 13.1 Å². The van der Waals surface area contributed by atoms with Crippen LogP contribution in [0.3, 0.4) is 0 Å². The van der Waals surface area contributed by atoms with E-state index in [-0.39, 0.29) is 15.6 Å². The average molecular weight is 441 g/mol. The molecule has 0 spiro atoms. The van der Waals surface area contributed by atoms with Crippen molar-refractivity contribution in [2.75, 3.05) is 18.4 Å². The molecule has 158 valence electrons. The Labute approximate surface area is 176 Å². The zero-order valence-electron chi connectivity index (χ0n) is 16.4. The van der Waals surface area contributed by atoms with Gasteiger partial charge in [-0.3, -0.25) is 4.79 Å². The van der Waals surface area contributed by atoms with E-state index < -0.39 is 28.0 Å². The maximum atomic E-state index is 12.8. The van der Waals surface area contributed by atoms with Crippen LogP contribution in [0.5, 0.6) is 0 Å². The summed E-state index contributed by atoms with van der Waals surface area (Å²) in [6.45, 7) is 4.16. The Kier molecular flexibility index (Phi) is 8.43. The van der Waals surface area contributed by atoms with Crippen LogP contribution in [-0.4, -0.2) is 43.8 Å². The quantitative estimate of drug-likeness (QED) is 0.398. The molecule has 1 N–H and O–H groups in total. The van der Waals surface area contributed by atoms with E-state index in [1.807, 2.05) is 0 Å². The molecule has 9 heteroatoms. The molecule has 1 amide bonds. The van der Waals surface area contributed by atoms with Gasteiger partial charge in [0.15, 0.2) is 6.10 Å². The van der Waals surface area contributed by atoms with E-state index in [0.717, 1.165) is 19.3 Å². The minimum Gasteiger partial charge on any atom is -0.449 e. The molecule has 1 aliphatic heterocycles. The number of anilines is 1. The van der Waals surface area contributed by atoms with Crippen LogP contribution < -0.4 is 5.32 Å². The zero-order valence-corrected chi connectivity index (χ0v) is 18.0. The first kappa shape index (κ1) is 23.1. The van der Waals surface area contributed by atoms with Gasteiger partial charge in [0.2, 0.25) is 10.0 Å². The third-order valence-corrected chi connectivity index (χ3v) is 6.57. The molecule has 1 aliphatic rings. The van der Waals surface area contributed by atoms with Gasteiger partial charge in [-0.2, -0.15) is 4.31 Å². The number of nitrogens with zero attached hydrogens (tertiary/aromatic N) is 1. The first-order valence-corrected chi connectivity index (χ1v) is 11.2. The molecule has 1 aromatic rings. The number of hydrogen-bond acceptors (Lipinski definition) is 5. The Morgan fingerprint density at radius 1 is 1.21 bits per heavy atom. The third-order valence-electron chi connectivity index (χ3n) is 4.35. The smallest absolute Gasteiger partial charge is 0.331 e. The summed E-state index contributed by atoms with van der Waals surface area (Å²) in [6, 6.07) is 4.16. The molecule has 7 nitrogen and oxygen atoms in total. The molecule has 1 saturated heterocycles. The van der Waals surface area contributed by atoms with Crippen LogP contribution in [-0.2, 0) is 24.3 Å². The SMILES string of the molecule is C/C=C/C=C/C(=O)O[C@@H](C)C(=O)Nc1cc(S(=O)(=O)N2CCCCC2)ccc1Cl. The Morgan fingerprint density at radius 3 is 2.55 bits per heavy atom. The summed E-state index contributed by atoms with van der Waals surface area (Å²) in [6.07, 6.45) is 7.66. The monoisotopic (exact) mass is 440 g/mol. The van der Waals surface area contributed by atoms with E-state index >= 15 is 0 Å². The molecule has 0 saturated carbocycles. The van der Waals surface area contributed by atoms with Crippen molar-refractivity contribution >= 4 is 39.2 Å². The fourth-order valence-corrected chi connectivity index (χ4v) is 4.47. The number of allylic oxidation sites excluding steroid dienone is 3. The van der Waals surface area contributed by atoms with Gasteiger partial charge in [0.25, 0.3) is 5.91 Å². The maximum Gasteiger partial charge on any atom is 0.331 e. The Balaban J connectivity index is 2.11. The lowest BCUT2D eigenvalue weighted by atomic mass is 10.2. The van der Waals surface area contributed by atoms with Gasteiger partial charge in [-0.25, -0.2) is 13.2 Å². The van der Waals surface area contributed by atoms with Crippen molar-refractivity contribution in [3.05, 3.63) is 47.5 Å². The Hall–Kier alpha value is -2.16. The number of sulfonamides is 1. The number of amides is 1. The zero-order chi connectivity index (χ0) is 21.4. The highest BCUT2D eigenvalue weighted by Crippen LogP contribution is 2.28. The lowest BCUT2D eigenvalue weighted by molar-refractivity contribution is -0.148. The van der Waals surface area contributed by atoms with Crippen LogP contribution in [0, 0.1) is 0 Å². The minimum absolute atomic E-state index is 0.0537. The second kappa shape index (κ2) is 10.6. The van der Waals surface area contributed by atoms with Crippen molar-refractivity contribution < 1.29 is 22.7 Å². The van der Waals surface area contributed by atoms with Gasteiger partial charge in [0.1, 0.15) is 0 Å². The van der Waals surface area contributed by atoms with E-state index in [1.54, 1.807) is 19.1 Å². The molecule has 1 fully saturated rings. The molecule has 1 heterocycles. The Bertz CT molecular complexity index is 905. The predicted molar refractivity (Wildman–Crippen MR) is 112 cm³/mol. The van der Waals surface area contributed by atoms with Crippen molar-refractivity contribution in [2.24, 2.45) is 0 Å². The summed E-state index contributed by atoms with van der Waals surface area (Å²) in [5.74, 6) is -1.29. The van der Waals surface area contributed by atoms with Crippen LogP contribution in [0.1, 0.15) is 33.1 Å². The van der Waals surface area contributed by atoms with Gasteiger partial charge in [-0.1, -0.05) is 36.2 Å². The van der Waals surface area contributed by atoms with Gasteiger partial charge in [-0.05, 0) is 44.9 Å². The van der Waals surface area contributed by atoms with Gasteiger partial charge >= 0.3 is 5.97 Å². The molecule has 0 aliphatic carbocycles. The number of ether oxygens (including phenoxy) is 1. The van der Waals surface area contributed by atoms with Crippen molar-refractivity contribution in [3.63, 3.8) is 0 Å². The topological polar surface area (TPSA) is 92.8 Å². The number of rotatable bonds is 7. The summed E-state index contributed by atoms with van der Waals surface area (Å²) < 4.78 is 32.1. The maximum absolute atomic E-state index is 12.8. The number of esters is 1. The lowest BCUT2D eigenvalue weighted by Gasteiger charge is -2.26. The number of hydrogen-bond donors (Lipinski definition) is 1. The highest BCUT2D eigenvalue weighted by atomic mass is 35.5. The highest BCUT2D eigenvalue weighted by Gasteiger charge is 2.27. The number of piperidine rings is 1. The molecule has 29 heavy (non-hydrogen) atoms. The van der Waals surface area contributed by atoms with Gasteiger partial charge in [0.05, 0.1) is 15.6 Å². The second-order valence-electron chi connectivity index (χ2n) is 6.56. The minimum atomic E-state index is -3.67. The molecule has 1 aromatic carbocycles. The number of halogens is 1. The molecule has 0 unspecified atom stereocenters. The van der Waals surface area contributed by atoms with Crippen LogP contribution in [0.15, 0.2) is 47.4 Å². The number of benzene rings is 1. The number of nitrogens with one attached hydrogen (secondary N) is 1. The molecule has 0 aromatic heterocycles. The summed E-state index contributed by atoms with van der Waals surface area (Å²) in [5, 5.41) is 2.71. The molecule has 2 rings (SSSR count). The molecular formula is C20H25ClN2O5S. The summed E-state index contributed by atoms with van der Waals surface area (Å²) in [7, 11) is -3.67. The molecule has 1 atom stereocenters. The summed E-state index contributed by atoms with van der Waals surface area (Å²) in [5.41, 5.74) is 0.141. The molecule has 0 radical (unpaired) electrons. The van der Waals surface area contributed by atoms with Gasteiger partial charge in [-0.15, -0.1) is 0 Å². The highest BCUT2D eigenvalue weighted by molar-refractivity contribution is 7.89. The van der Waals surface area contributed by atoms with Crippen molar-refractivity contribution in [1.29, 1.82) is 0 Å². The van der Waals surface area contributed by atoms with Crippen LogP contribution in [0.25, 0.3) is 0 Å². The normalized spacial score (nSPS) is 16.8. The standard InChI is InChI=1S/C20H25ClN2O5S/c1-3-4-6-9-19(24)28-15(2)20(25)22-18-14-16(10-11-17(18)21)29(26,27)23-12-7-5-8-13-23/h3-4,6,9-11,14-15H,5,7-8,12-13H2,1-2H3,(H,22,25)/b4-3+,9-6+/t15-/m0/s1. The van der Waals surface area contributed by atoms with E-state index in [2.05, 4.69) is 5.32 Å². The molecule has 0 bridgehead atoms. The van der Waals surface area contributed by atoms with Gasteiger partial charge in [0, 0.05) is 19.2 Å². The van der Waals surface area contributed by atoms with Crippen LogP contribution in [0.2, 0.25) is 5.02 Å².